The summed E-state index contributed by atoms with van der Waals surface area (Å²) >= 11 is 6.18. The standard InChI is InChI=1S/C15H22ClNO3/c1-18-11-6-4-10(5-7-11)17-13-8-12(16)14(19-2)9-15(13)20-3/h8-11,17H,4-7H2,1-3H3. The van der Waals surface area contributed by atoms with Crippen LogP contribution in [0.15, 0.2) is 12.1 Å². The van der Waals surface area contributed by atoms with Crippen molar-refractivity contribution in [3.8, 4) is 11.5 Å². The zero-order chi connectivity index (χ0) is 14.5. The number of nitrogens with one attached hydrogen (secondary N) is 1. The molecule has 0 atom stereocenters. The first-order valence-corrected chi connectivity index (χ1v) is 7.26. The van der Waals surface area contributed by atoms with Gasteiger partial charge < -0.3 is 19.5 Å². The maximum Gasteiger partial charge on any atom is 0.145 e. The Kier molecular flexibility index (Phi) is 5.38. The number of halogens is 1. The van der Waals surface area contributed by atoms with Gasteiger partial charge in [-0.1, -0.05) is 11.6 Å². The normalized spacial score (nSPS) is 22.4. The molecule has 1 aliphatic rings. The molecule has 0 bridgehead atoms. The van der Waals surface area contributed by atoms with Gasteiger partial charge in [-0.2, -0.15) is 0 Å². The highest BCUT2D eigenvalue weighted by atomic mass is 35.5. The summed E-state index contributed by atoms with van der Waals surface area (Å²) in [6.07, 6.45) is 4.74. The number of rotatable bonds is 5. The summed E-state index contributed by atoms with van der Waals surface area (Å²) in [7, 11) is 5.03. The molecule has 0 aromatic heterocycles. The summed E-state index contributed by atoms with van der Waals surface area (Å²) in [6, 6.07) is 4.10. The summed E-state index contributed by atoms with van der Waals surface area (Å²) in [5, 5.41) is 4.10. The smallest absolute Gasteiger partial charge is 0.145 e. The van der Waals surface area contributed by atoms with Gasteiger partial charge in [0.2, 0.25) is 0 Å². The van der Waals surface area contributed by atoms with Crippen LogP contribution in [-0.4, -0.2) is 33.5 Å². The Balaban J connectivity index is 2.07. The summed E-state index contributed by atoms with van der Waals surface area (Å²) in [6.45, 7) is 0. The molecule has 112 valence electrons. The molecule has 1 saturated carbocycles. The molecule has 1 aliphatic carbocycles. The van der Waals surface area contributed by atoms with Crippen molar-refractivity contribution < 1.29 is 14.2 Å². The van der Waals surface area contributed by atoms with Crippen LogP contribution in [0.5, 0.6) is 11.5 Å². The van der Waals surface area contributed by atoms with Gasteiger partial charge in [0, 0.05) is 19.2 Å². The van der Waals surface area contributed by atoms with Gasteiger partial charge in [0.1, 0.15) is 11.5 Å². The van der Waals surface area contributed by atoms with Crippen LogP contribution in [-0.2, 0) is 4.74 Å². The fourth-order valence-corrected chi connectivity index (χ4v) is 2.88. The summed E-state index contributed by atoms with van der Waals surface area (Å²) in [4.78, 5) is 0. The maximum atomic E-state index is 6.18. The molecule has 0 aliphatic heterocycles. The molecule has 4 nitrogen and oxygen atoms in total. The lowest BCUT2D eigenvalue weighted by Gasteiger charge is -2.29. The fraction of sp³-hybridized carbons (Fsp3) is 0.600. The van der Waals surface area contributed by atoms with Crippen LogP contribution in [0.25, 0.3) is 0 Å². The van der Waals surface area contributed by atoms with E-state index >= 15 is 0 Å². The third kappa shape index (κ3) is 3.49. The van der Waals surface area contributed by atoms with E-state index in [9.17, 15) is 0 Å². The van der Waals surface area contributed by atoms with Gasteiger partial charge in [-0.05, 0) is 31.7 Å². The van der Waals surface area contributed by atoms with Crippen LogP contribution in [0.1, 0.15) is 25.7 Å². The van der Waals surface area contributed by atoms with Gasteiger partial charge in [0.15, 0.2) is 0 Å². The van der Waals surface area contributed by atoms with Crippen LogP contribution in [0, 0.1) is 0 Å². The molecule has 0 heterocycles. The molecule has 0 saturated heterocycles. The van der Waals surface area contributed by atoms with E-state index < -0.39 is 0 Å². The first-order valence-electron chi connectivity index (χ1n) is 6.88. The molecule has 0 spiro atoms. The first-order chi connectivity index (χ1) is 9.67. The van der Waals surface area contributed by atoms with E-state index in [1.54, 1.807) is 21.3 Å². The second kappa shape index (κ2) is 7.04. The minimum absolute atomic E-state index is 0.398. The first kappa shape index (κ1) is 15.3. The van der Waals surface area contributed by atoms with Crippen molar-refractivity contribution in [2.45, 2.75) is 37.8 Å². The number of hydrogen-bond acceptors (Lipinski definition) is 4. The third-order valence-corrected chi connectivity index (χ3v) is 4.14. The van der Waals surface area contributed by atoms with Crippen LogP contribution < -0.4 is 14.8 Å². The van der Waals surface area contributed by atoms with E-state index in [2.05, 4.69) is 5.32 Å². The van der Waals surface area contributed by atoms with Crippen molar-refractivity contribution in [2.24, 2.45) is 0 Å². The fourth-order valence-electron chi connectivity index (χ4n) is 2.64. The highest BCUT2D eigenvalue weighted by Crippen LogP contribution is 2.37. The molecule has 2 rings (SSSR count). The highest BCUT2D eigenvalue weighted by molar-refractivity contribution is 6.32. The van der Waals surface area contributed by atoms with Crippen LogP contribution in [0.2, 0.25) is 5.02 Å². The molecule has 20 heavy (non-hydrogen) atoms. The molecule has 0 amide bonds. The molecule has 1 aromatic carbocycles. The molecule has 1 aromatic rings. The number of anilines is 1. The highest BCUT2D eigenvalue weighted by Gasteiger charge is 2.22. The van der Waals surface area contributed by atoms with Gasteiger partial charge >= 0.3 is 0 Å². The Morgan fingerprint density at radius 2 is 1.65 bits per heavy atom. The lowest BCUT2D eigenvalue weighted by molar-refractivity contribution is 0.0681. The SMILES string of the molecule is COc1cc(OC)c(NC2CCC(OC)CC2)cc1Cl. The van der Waals surface area contributed by atoms with E-state index in [1.807, 2.05) is 12.1 Å². The van der Waals surface area contributed by atoms with Gasteiger partial charge in [-0.25, -0.2) is 0 Å². The van der Waals surface area contributed by atoms with E-state index in [4.69, 9.17) is 25.8 Å². The number of benzene rings is 1. The largest absolute Gasteiger partial charge is 0.495 e. The summed E-state index contributed by atoms with van der Waals surface area (Å²) < 4.78 is 16.0. The molecule has 5 heteroatoms. The van der Waals surface area contributed by atoms with Crippen molar-refractivity contribution in [1.82, 2.24) is 0 Å². The molecular formula is C15H22ClNO3. The minimum Gasteiger partial charge on any atom is -0.495 e. The van der Waals surface area contributed by atoms with Crippen LogP contribution in [0.3, 0.4) is 0 Å². The second-order valence-electron chi connectivity index (χ2n) is 5.04. The topological polar surface area (TPSA) is 39.7 Å². The zero-order valence-corrected chi connectivity index (χ0v) is 13.0. The van der Waals surface area contributed by atoms with Gasteiger partial charge in [0.05, 0.1) is 31.0 Å². The maximum absolute atomic E-state index is 6.18. The van der Waals surface area contributed by atoms with Crippen molar-refractivity contribution in [3.63, 3.8) is 0 Å². The molecule has 1 N–H and O–H groups in total. The third-order valence-electron chi connectivity index (χ3n) is 3.84. The van der Waals surface area contributed by atoms with E-state index in [-0.39, 0.29) is 0 Å². The van der Waals surface area contributed by atoms with Crippen LogP contribution in [0.4, 0.5) is 5.69 Å². The van der Waals surface area contributed by atoms with Crippen LogP contribution >= 0.6 is 11.6 Å². The monoisotopic (exact) mass is 299 g/mol. The average molecular weight is 300 g/mol. The van der Waals surface area contributed by atoms with Gasteiger partial charge in [-0.15, -0.1) is 0 Å². The Morgan fingerprint density at radius 3 is 2.20 bits per heavy atom. The quantitative estimate of drug-likeness (QED) is 0.899. The average Bonchev–Trinajstić information content (AvgIpc) is 2.48. The molecule has 0 unspecified atom stereocenters. The molecule has 1 fully saturated rings. The number of ether oxygens (including phenoxy) is 3. The van der Waals surface area contributed by atoms with Crippen molar-refractivity contribution >= 4 is 17.3 Å². The zero-order valence-electron chi connectivity index (χ0n) is 12.2. The second-order valence-corrected chi connectivity index (χ2v) is 5.45. The Labute approximate surface area is 125 Å². The van der Waals surface area contributed by atoms with Crippen molar-refractivity contribution in [2.75, 3.05) is 26.6 Å². The number of methoxy groups -OCH3 is 3. The van der Waals surface area contributed by atoms with Gasteiger partial charge in [-0.3, -0.25) is 0 Å². The van der Waals surface area contributed by atoms with E-state index in [0.717, 1.165) is 37.1 Å². The number of hydrogen-bond donors (Lipinski definition) is 1. The minimum atomic E-state index is 0.398. The molecular weight excluding hydrogens is 278 g/mol. The molecule has 0 radical (unpaired) electrons. The van der Waals surface area contributed by atoms with Gasteiger partial charge in [0.25, 0.3) is 0 Å². The van der Waals surface area contributed by atoms with E-state index in [1.165, 1.54) is 0 Å². The Bertz CT molecular complexity index is 445. The lowest BCUT2D eigenvalue weighted by atomic mass is 9.93. The predicted octanol–water partition coefficient (Wildman–Crippen LogP) is 3.73. The van der Waals surface area contributed by atoms with E-state index in [0.29, 0.717) is 22.9 Å². The predicted molar refractivity (Wildman–Crippen MR) is 81.2 cm³/mol. The van der Waals surface area contributed by atoms with Crippen molar-refractivity contribution in [1.29, 1.82) is 0 Å². The Hall–Kier alpha value is -1.13. The lowest BCUT2D eigenvalue weighted by Crippen LogP contribution is -2.29. The Morgan fingerprint density at radius 1 is 1.00 bits per heavy atom. The summed E-state index contributed by atoms with van der Waals surface area (Å²) in [5.74, 6) is 1.37. The summed E-state index contributed by atoms with van der Waals surface area (Å²) in [5.41, 5.74) is 0.916. The van der Waals surface area contributed by atoms with Crippen molar-refractivity contribution in [3.05, 3.63) is 17.2 Å².